The van der Waals surface area contributed by atoms with Crippen molar-refractivity contribution < 1.29 is 9.18 Å². The van der Waals surface area contributed by atoms with Crippen LogP contribution in [0.3, 0.4) is 0 Å². The summed E-state index contributed by atoms with van der Waals surface area (Å²) >= 11 is 3.08. The van der Waals surface area contributed by atoms with Gasteiger partial charge in [-0.05, 0) is 43.7 Å². The second-order valence-electron chi connectivity index (χ2n) is 6.47. The summed E-state index contributed by atoms with van der Waals surface area (Å²) in [7, 11) is 0. The third kappa shape index (κ3) is 6.33. The fourth-order valence-electron chi connectivity index (χ4n) is 2.66. The van der Waals surface area contributed by atoms with Gasteiger partial charge in [-0.2, -0.15) is 0 Å². The molecule has 8 heteroatoms. The van der Waals surface area contributed by atoms with Gasteiger partial charge in [0, 0.05) is 18.0 Å². The molecule has 0 atom stereocenters. The average molecular weight is 431 g/mol. The maximum atomic E-state index is 13.0. The van der Waals surface area contributed by atoms with E-state index in [4.69, 9.17) is 0 Å². The largest absolute Gasteiger partial charge is 0.325 e. The van der Waals surface area contributed by atoms with Crippen molar-refractivity contribution in [3.63, 3.8) is 0 Å². The lowest BCUT2D eigenvalue weighted by Crippen LogP contribution is -2.14. The van der Waals surface area contributed by atoms with Crippen molar-refractivity contribution in [2.24, 2.45) is 0 Å². The minimum Gasteiger partial charge on any atom is -0.325 e. The van der Waals surface area contributed by atoms with Gasteiger partial charge in [0.1, 0.15) is 11.6 Å². The monoisotopic (exact) mass is 430 g/mol. The number of aryl methyl sites for hydroxylation is 1. The first-order valence-corrected chi connectivity index (χ1v) is 11.4. The lowest BCUT2D eigenvalue weighted by Gasteiger charge is -2.08. The molecule has 152 valence electrons. The molecule has 0 aliphatic rings. The molecule has 0 bridgehead atoms. The van der Waals surface area contributed by atoms with E-state index in [-0.39, 0.29) is 17.5 Å². The normalized spacial score (nSPS) is 10.9. The number of rotatable bonds is 9. The number of anilines is 1. The lowest BCUT2D eigenvalue weighted by atomic mass is 10.2. The zero-order valence-corrected chi connectivity index (χ0v) is 18.0. The van der Waals surface area contributed by atoms with E-state index in [9.17, 15) is 9.18 Å². The number of benzene rings is 2. The van der Waals surface area contributed by atoms with Gasteiger partial charge in [0.15, 0.2) is 5.16 Å². The Bertz CT molecular complexity index is 942. The van der Waals surface area contributed by atoms with Crippen LogP contribution in [0.4, 0.5) is 10.1 Å². The topological polar surface area (TPSA) is 59.8 Å². The van der Waals surface area contributed by atoms with Crippen LogP contribution in [0.25, 0.3) is 0 Å². The third-order valence-electron chi connectivity index (χ3n) is 4.19. The number of nitrogens with zero attached hydrogens (tertiary/aromatic N) is 3. The van der Waals surface area contributed by atoms with Gasteiger partial charge in [-0.15, -0.1) is 22.0 Å². The van der Waals surface area contributed by atoms with Gasteiger partial charge in [-0.1, -0.05) is 41.6 Å². The number of halogens is 1. The van der Waals surface area contributed by atoms with E-state index < -0.39 is 0 Å². The standard InChI is InChI=1S/C21H23FN4OS2/c1-3-26-19(13-28-12-16-6-8-17(22)9-7-16)24-25-21(26)29-14-20(27)23-18-10-4-15(2)5-11-18/h4-11H,3,12-14H2,1-2H3,(H,23,27). The molecule has 1 aromatic heterocycles. The number of thioether (sulfide) groups is 2. The molecule has 1 heterocycles. The molecule has 0 aliphatic heterocycles. The van der Waals surface area contributed by atoms with Crippen LogP contribution in [0.1, 0.15) is 23.9 Å². The van der Waals surface area contributed by atoms with E-state index in [1.54, 1.807) is 23.9 Å². The lowest BCUT2D eigenvalue weighted by molar-refractivity contribution is -0.113. The van der Waals surface area contributed by atoms with Gasteiger partial charge in [0.05, 0.1) is 11.5 Å². The van der Waals surface area contributed by atoms with Gasteiger partial charge >= 0.3 is 0 Å². The van der Waals surface area contributed by atoms with E-state index in [0.717, 1.165) is 40.1 Å². The average Bonchev–Trinajstić information content (AvgIpc) is 3.11. The molecule has 3 aromatic rings. The number of aromatic nitrogens is 3. The van der Waals surface area contributed by atoms with E-state index >= 15 is 0 Å². The Kier molecular flexibility index (Phi) is 7.71. The Morgan fingerprint density at radius 2 is 1.79 bits per heavy atom. The molecule has 0 unspecified atom stereocenters. The van der Waals surface area contributed by atoms with Crippen molar-refractivity contribution in [2.45, 2.75) is 37.1 Å². The van der Waals surface area contributed by atoms with Crippen LogP contribution < -0.4 is 5.32 Å². The number of nitrogens with one attached hydrogen (secondary N) is 1. The molecule has 0 spiro atoms. The summed E-state index contributed by atoms with van der Waals surface area (Å²) in [5.41, 5.74) is 3.01. The third-order valence-corrected chi connectivity index (χ3v) is 6.16. The first-order valence-electron chi connectivity index (χ1n) is 9.28. The van der Waals surface area contributed by atoms with E-state index in [1.165, 1.54) is 23.9 Å². The second-order valence-corrected chi connectivity index (χ2v) is 8.39. The molecule has 0 radical (unpaired) electrons. The highest BCUT2D eigenvalue weighted by molar-refractivity contribution is 7.99. The summed E-state index contributed by atoms with van der Waals surface area (Å²) in [6.45, 7) is 4.78. The van der Waals surface area contributed by atoms with Gasteiger partial charge < -0.3 is 9.88 Å². The fourth-order valence-corrected chi connectivity index (χ4v) is 4.40. The molecule has 3 rings (SSSR count). The summed E-state index contributed by atoms with van der Waals surface area (Å²) < 4.78 is 15.0. The van der Waals surface area contributed by atoms with E-state index in [1.807, 2.05) is 42.7 Å². The molecule has 0 aliphatic carbocycles. The van der Waals surface area contributed by atoms with Crippen LogP contribution in [0.5, 0.6) is 0 Å². The summed E-state index contributed by atoms with van der Waals surface area (Å²) in [6, 6.07) is 14.2. The molecule has 0 saturated heterocycles. The highest BCUT2D eigenvalue weighted by atomic mass is 32.2. The Hall–Kier alpha value is -2.32. The van der Waals surface area contributed by atoms with Gasteiger partial charge in [0.25, 0.3) is 0 Å². The van der Waals surface area contributed by atoms with Crippen molar-refractivity contribution in [1.82, 2.24) is 14.8 Å². The summed E-state index contributed by atoms with van der Waals surface area (Å²) in [6.07, 6.45) is 0. The molecule has 1 amide bonds. The number of carbonyl (C=O) groups is 1. The highest BCUT2D eigenvalue weighted by Gasteiger charge is 2.13. The van der Waals surface area contributed by atoms with Crippen LogP contribution in [-0.4, -0.2) is 26.4 Å². The Balaban J connectivity index is 1.51. The number of hydrogen-bond acceptors (Lipinski definition) is 5. The SMILES string of the molecule is CCn1c(CSCc2ccc(F)cc2)nnc1SCC(=O)Nc1ccc(C)cc1. The molecular formula is C21H23FN4OS2. The Labute approximate surface area is 178 Å². The minimum absolute atomic E-state index is 0.0725. The maximum Gasteiger partial charge on any atom is 0.234 e. The van der Waals surface area contributed by atoms with Crippen molar-refractivity contribution in [3.8, 4) is 0 Å². The van der Waals surface area contributed by atoms with Crippen molar-refractivity contribution in [1.29, 1.82) is 0 Å². The maximum absolute atomic E-state index is 13.0. The zero-order valence-electron chi connectivity index (χ0n) is 16.4. The number of hydrogen-bond donors (Lipinski definition) is 1. The van der Waals surface area contributed by atoms with Crippen LogP contribution in [-0.2, 0) is 22.8 Å². The smallest absolute Gasteiger partial charge is 0.234 e. The summed E-state index contributed by atoms with van der Waals surface area (Å²) in [5.74, 6) is 2.33. The Morgan fingerprint density at radius 3 is 2.48 bits per heavy atom. The molecule has 2 aromatic carbocycles. The quantitative estimate of drug-likeness (QED) is 0.489. The van der Waals surface area contributed by atoms with Crippen LogP contribution in [0.2, 0.25) is 0 Å². The second kappa shape index (κ2) is 10.5. The van der Waals surface area contributed by atoms with Crippen LogP contribution >= 0.6 is 23.5 Å². The molecule has 0 saturated carbocycles. The highest BCUT2D eigenvalue weighted by Crippen LogP contribution is 2.22. The minimum atomic E-state index is -0.224. The fraction of sp³-hybridized carbons (Fsp3) is 0.286. The van der Waals surface area contributed by atoms with Crippen LogP contribution in [0.15, 0.2) is 53.7 Å². The molecule has 29 heavy (non-hydrogen) atoms. The first kappa shape index (κ1) is 21.4. The van der Waals surface area contributed by atoms with Crippen molar-refractivity contribution in [2.75, 3.05) is 11.1 Å². The predicted octanol–water partition coefficient (Wildman–Crippen LogP) is 4.91. The molecule has 1 N–H and O–H groups in total. The van der Waals surface area contributed by atoms with E-state index in [0.29, 0.717) is 5.75 Å². The first-order chi connectivity index (χ1) is 14.0. The Morgan fingerprint density at radius 1 is 1.07 bits per heavy atom. The molecule has 5 nitrogen and oxygen atoms in total. The van der Waals surface area contributed by atoms with Gasteiger partial charge in [-0.3, -0.25) is 4.79 Å². The molecule has 0 fully saturated rings. The number of amides is 1. The zero-order chi connectivity index (χ0) is 20.6. The predicted molar refractivity (Wildman–Crippen MR) is 118 cm³/mol. The summed E-state index contributed by atoms with van der Waals surface area (Å²) in [5, 5.41) is 12.2. The van der Waals surface area contributed by atoms with Gasteiger partial charge in [0.2, 0.25) is 5.91 Å². The van der Waals surface area contributed by atoms with Crippen LogP contribution in [0, 0.1) is 12.7 Å². The van der Waals surface area contributed by atoms with Gasteiger partial charge in [-0.25, -0.2) is 4.39 Å². The van der Waals surface area contributed by atoms with E-state index in [2.05, 4.69) is 15.5 Å². The molecular weight excluding hydrogens is 407 g/mol. The summed E-state index contributed by atoms with van der Waals surface area (Å²) in [4.78, 5) is 12.2. The number of carbonyl (C=O) groups excluding carboxylic acids is 1. The van der Waals surface area contributed by atoms with Crippen molar-refractivity contribution >= 4 is 35.1 Å². The van der Waals surface area contributed by atoms with Crippen molar-refractivity contribution in [3.05, 3.63) is 71.3 Å².